The number of hydrogen-bond acceptors (Lipinski definition) is 4. The van der Waals surface area contributed by atoms with Crippen molar-refractivity contribution in [2.45, 2.75) is 38.7 Å². The van der Waals surface area contributed by atoms with E-state index >= 15 is 0 Å². The lowest BCUT2D eigenvalue weighted by molar-refractivity contribution is -0.0473. The standard InChI is InChI=1S/C16H25NO3/c1-12(2)15(16(18)13-6-4-3-5-7-13)17-9-8-14-19-10-11-20-14/h3-7,12,14-18H,8-11H2,1-2H3. The van der Waals surface area contributed by atoms with E-state index in [-0.39, 0.29) is 12.3 Å². The molecule has 2 rings (SSSR count). The summed E-state index contributed by atoms with van der Waals surface area (Å²) in [6.07, 6.45) is 0.218. The summed E-state index contributed by atoms with van der Waals surface area (Å²) < 4.78 is 10.8. The summed E-state index contributed by atoms with van der Waals surface area (Å²) in [5.41, 5.74) is 0.951. The number of ether oxygens (including phenoxy) is 2. The molecule has 0 radical (unpaired) electrons. The molecular weight excluding hydrogens is 254 g/mol. The molecule has 0 saturated carbocycles. The van der Waals surface area contributed by atoms with Gasteiger partial charge in [0.25, 0.3) is 0 Å². The van der Waals surface area contributed by atoms with E-state index in [0.29, 0.717) is 19.1 Å². The zero-order chi connectivity index (χ0) is 14.4. The lowest BCUT2D eigenvalue weighted by Crippen LogP contribution is -2.40. The minimum Gasteiger partial charge on any atom is -0.387 e. The maximum Gasteiger partial charge on any atom is 0.159 e. The maximum absolute atomic E-state index is 10.5. The van der Waals surface area contributed by atoms with Gasteiger partial charge in [-0.3, -0.25) is 0 Å². The van der Waals surface area contributed by atoms with E-state index in [2.05, 4.69) is 19.2 Å². The first-order valence-corrected chi connectivity index (χ1v) is 7.38. The van der Waals surface area contributed by atoms with Gasteiger partial charge in [-0.05, 0) is 11.5 Å². The number of aliphatic hydroxyl groups is 1. The minimum atomic E-state index is -0.499. The summed E-state index contributed by atoms with van der Waals surface area (Å²) in [7, 11) is 0. The Hall–Kier alpha value is -0.940. The van der Waals surface area contributed by atoms with Gasteiger partial charge in [0.05, 0.1) is 19.3 Å². The summed E-state index contributed by atoms with van der Waals surface area (Å²) >= 11 is 0. The molecule has 1 aromatic rings. The third-order valence-corrected chi connectivity index (χ3v) is 3.65. The highest BCUT2D eigenvalue weighted by Crippen LogP contribution is 2.21. The van der Waals surface area contributed by atoms with Gasteiger partial charge < -0.3 is 19.9 Å². The van der Waals surface area contributed by atoms with Gasteiger partial charge in [0.1, 0.15) is 0 Å². The Kier molecular flexibility index (Phi) is 5.98. The molecule has 1 aromatic carbocycles. The molecule has 1 fully saturated rings. The summed E-state index contributed by atoms with van der Waals surface area (Å²) in [6, 6.07) is 9.82. The van der Waals surface area contributed by atoms with Crippen molar-refractivity contribution in [2.75, 3.05) is 19.8 Å². The van der Waals surface area contributed by atoms with Gasteiger partial charge in [-0.1, -0.05) is 44.2 Å². The molecule has 2 N–H and O–H groups in total. The van der Waals surface area contributed by atoms with Crippen LogP contribution in [0.1, 0.15) is 31.9 Å². The van der Waals surface area contributed by atoms with Crippen molar-refractivity contribution in [1.82, 2.24) is 5.32 Å². The van der Waals surface area contributed by atoms with Gasteiger partial charge in [-0.2, -0.15) is 0 Å². The Morgan fingerprint density at radius 2 is 1.85 bits per heavy atom. The fourth-order valence-electron chi connectivity index (χ4n) is 2.51. The number of aliphatic hydroxyl groups excluding tert-OH is 1. The van der Waals surface area contributed by atoms with Crippen LogP contribution in [0.5, 0.6) is 0 Å². The summed E-state index contributed by atoms with van der Waals surface area (Å²) in [5.74, 6) is 0.343. The van der Waals surface area contributed by atoms with Gasteiger partial charge >= 0.3 is 0 Å². The highest BCUT2D eigenvalue weighted by molar-refractivity contribution is 5.19. The summed E-state index contributed by atoms with van der Waals surface area (Å²) in [6.45, 7) is 6.38. The maximum atomic E-state index is 10.5. The average Bonchev–Trinajstić information content (AvgIpc) is 2.97. The Morgan fingerprint density at radius 3 is 2.45 bits per heavy atom. The monoisotopic (exact) mass is 279 g/mol. The predicted molar refractivity (Wildman–Crippen MR) is 78.3 cm³/mol. The van der Waals surface area contributed by atoms with Gasteiger partial charge in [-0.15, -0.1) is 0 Å². The molecule has 112 valence electrons. The van der Waals surface area contributed by atoms with Crippen molar-refractivity contribution in [3.05, 3.63) is 35.9 Å². The fraction of sp³-hybridized carbons (Fsp3) is 0.625. The van der Waals surface area contributed by atoms with Gasteiger partial charge in [-0.25, -0.2) is 0 Å². The van der Waals surface area contributed by atoms with Crippen molar-refractivity contribution >= 4 is 0 Å². The zero-order valence-electron chi connectivity index (χ0n) is 12.3. The van der Waals surface area contributed by atoms with Crippen LogP contribution in [0.15, 0.2) is 30.3 Å². The second kappa shape index (κ2) is 7.74. The van der Waals surface area contributed by atoms with Crippen molar-refractivity contribution in [3.63, 3.8) is 0 Å². The third kappa shape index (κ3) is 4.28. The van der Waals surface area contributed by atoms with Crippen LogP contribution < -0.4 is 5.32 Å². The molecule has 1 aliphatic heterocycles. The lowest BCUT2D eigenvalue weighted by atomic mass is 9.93. The van der Waals surface area contributed by atoms with Crippen LogP contribution in [0.25, 0.3) is 0 Å². The highest BCUT2D eigenvalue weighted by atomic mass is 16.7. The van der Waals surface area contributed by atoms with E-state index < -0.39 is 6.10 Å². The molecule has 0 bridgehead atoms. The lowest BCUT2D eigenvalue weighted by Gasteiger charge is -2.28. The number of benzene rings is 1. The molecule has 2 unspecified atom stereocenters. The Balaban J connectivity index is 1.86. The number of nitrogens with one attached hydrogen (secondary N) is 1. The van der Waals surface area contributed by atoms with E-state index in [4.69, 9.17) is 9.47 Å². The molecule has 1 aliphatic rings. The fourth-order valence-corrected chi connectivity index (χ4v) is 2.51. The Morgan fingerprint density at radius 1 is 1.20 bits per heavy atom. The first-order chi connectivity index (χ1) is 9.68. The van der Waals surface area contributed by atoms with Crippen molar-refractivity contribution in [3.8, 4) is 0 Å². The van der Waals surface area contributed by atoms with E-state index in [0.717, 1.165) is 18.5 Å². The molecule has 4 nitrogen and oxygen atoms in total. The van der Waals surface area contributed by atoms with Crippen molar-refractivity contribution in [1.29, 1.82) is 0 Å². The van der Waals surface area contributed by atoms with Gasteiger partial charge in [0.2, 0.25) is 0 Å². The van der Waals surface area contributed by atoms with Crippen LogP contribution in [-0.4, -0.2) is 37.2 Å². The molecular formula is C16H25NO3. The second-order valence-electron chi connectivity index (χ2n) is 5.54. The topological polar surface area (TPSA) is 50.7 Å². The minimum absolute atomic E-state index is 0.0267. The summed E-state index contributed by atoms with van der Waals surface area (Å²) in [4.78, 5) is 0. The molecule has 0 amide bonds. The van der Waals surface area contributed by atoms with Crippen molar-refractivity contribution in [2.24, 2.45) is 5.92 Å². The SMILES string of the molecule is CC(C)C(NCCC1OCCO1)C(O)c1ccccc1. The van der Waals surface area contributed by atoms with E-state index in [1.54, 1.807) is 0 Å². The van der Waals surface area contributed by atoms with E-state index in [1.165, 1.54) is 0 Å². The van der Waals surface area contributed by atoms with Crippen LogP contribution >= 0.6 is 0 Å². The van der Waals surface area contributed by atoms with Gasteiger partial charge in [0, 0.05) is 19.0 Å². The smallest absolute Gasteiger partial charge is 0.159 e. The Bertz CT molecular complexity index is 377. The number of rotatable bonds is 7. The van der Waals surface area contributed by atoms with E-state index in [1.807, 2.05) is 30.3 Å². The van der Waals surface area contributed by atoms with E-state index in [9.17, 15) is 5.11 Å². The number of hydrogen-bond donors (Lipinski definition) is 2. The molecule has 0 aromatic heterocycles. The first-order valence-electron chi connectivity index (χ1n) is 7.38. The molecule has 20 heavy (non-hydrogen) atoms. The van der Waals surface area contributed by atoms with Crippen LogP contribution in [0, 0.1) is 5.92 Å². The molecule has 2 atom stereocenters. The largest absolute Gasteiger partial charge is 0.387 e. The quantitative estimate of drug-likeness (QED) is 0.802. The first kappa shape index (κ1) is 15.4. The zero-order valence-corrected chi connectivity index (χ0v) is 12.3. The third-order valence-electron chi connectivity index (χ3n) is 3.65. The summed E-state index contributed by atoms with van der Waals surface area (Å²) in [5, 5.41) is 14.0. The molecule has 1 heterocycles. The van der Waals surface area contributed by atoms with Crippen LogP contribution in [0.3, 0.4) is 0 Å². The normalized spacial score (nSPS) is 19.4. The molecule has 1 saturated heterocycles. The van der Waals surface area contributed by atoms with Crippen LogP contribution in [0.4, 0.5) is 0 Å². The average molecular weight is 279 g/mol. The second-order valence-corrected chi connectivity index (χ2v) is 5.54. The Labute approximate surface area is 121 Å². The predicted octanol–water partition coefficient (Wildman–Crippen LogP) is 2.10. The molecule has 4 heteroatoms. The van der Waals surface area contributed by atoms with Crippen molar-refractivity contribution < 1.29 is 14.6 Å². The molecule has 0 spiro atoms. The molecule has 0 aliphatic carbocycles. The highest BCUT2D eigenvalue weighted by Gasteiger charge is 2.24. The van der Waals surface area contributed by atoms with Gasteiger partial charge in [0.15, 0.2) is 6.29 Å². The van der Waals surface area contributed by atoms with Crippen LogP contribution in [0.2, 0.25) is 0 Å². The van der Waals surface area contributed by atoms with Crippen LogP contribution in [-0.2, 0) is 9.47 Å².